The summed E-state index contributed by atoms with van der Waals surface area (Å²) in [5.41, 5.74) is 0. The monoisotopic (exact) mass is 228 g/mol. The lowest BCUT2D eigenvalue weighted by Gasteiger charge is -1.91. The molecule has 0 rings (SSSR count). The first-order chi connectivity index (χ1) is 3.31. The summed E-state index contributed by atoms with van der Waals surface area (Å²) in [5.74, 6) is 0. The summed E-state index contributed by atoms with van der Waals surface area (Å²) in [6.07, 6.45) is 1.75. The van der Waals surface area contributed by atoms with Crippen LogP contribution in [-0.4, -0.2) is 16.4 Å². The molecule has 0 aromatic heterocycles. The van der Waals surface area contributed by atoms with Gasteiger partial charge in [-0.05, 0) is 6.42 Å². The maximum atomic E-state index is 9.83. The average molecular weight is 230 g/mol. The predicted octanol–water partition coefficient (Wildman–Crippen LogP) is 1.73. The quantitative estimate of drug-likeness (QED) is 0.532. The highest BCUT2D eigenvalue weighted by Gasteiger charge is 1.96. The van der Waals surface area contributed by atoms with E-state index in [-0.39, 0.29) is 4.83 Å². The molecule has 3 heteroatoms. The van der Waals surface area contributed by atoms with Crippen LogP contribution < -0.4 is 0 Å². The molecule has 1 atom stereocenters. The van der Waals surface area contributed by atoms with Gasteiger partial charge in [0.2, 0.25) is 0 Å². The van der Waals surface area contributed by atoms with Gasteiger partial charge in [0, 0.05) is 5.33 Å². The molecule has 0 aliphatic rings. The van der Waals surface area contributed by atoms with Crippen LogP contribution in [-0.2, 0) is 4.79 Å². The van der Waals surface area contributed by atoms with Crippen molar-refractivity contribution in [3.05, 3.63) is 0 Å². The fraction of sp³-hybridized carbons (Fsp3) is 0.750. The Balaban J connectivity index is 2.98. The third-order valence-corrected chi connectivity index (χ3v) is 1.66. The second kappa shape index (κ2) is 4.78. The Bertz CT molecular complexity index is 55.7. The molecule has 0 aliphatic carbocycles. The number of carbonyl (C=O) groups excluding carboxylic acids is 1. The molecule has 1 nitrogen and oxygen atoms in total. The number of rotatable bonds is 3. The first-order valence-electron chi connectivity index (χ1n) is 1.96. The fourth-order valence-corrected chi connectivity index (χ4v) is 1.51. The summed E-state index contributed by atoms with van der Waals surface area (Å²) in [4.78, 5) is 9.86. The number of halogens is 2. The van der Waals surface area contributed by atoms with Gasteiger partial charge in [0.25, 0.3) is 0 Å². The largest absolute Gasteiger partial charge is 0.302 e. The summed E-state index contributed by atoms with van der Waals surface area (Å²) in [7, 11) is 0. The number of carbonyl (C=O) groups is 1. The normalized spacial score (nSPS) is 13.4. The fourth-order valence-electron chi connectivity index (χ4n) is 0.172. The second-order valence-electron chi connectivity index (χ2n) is 1.13. The van der Waals surface area contributed by atoms with Crippen molar-refractivity contribution in [2.75, 3.05) is 5.33 Å². The van der Waals surface area contributed by atoms with Crippen molar-refractivity contribution >= 4 is 38.1 Å². The van der Waals surface area contributed by atoms with E-state index in [0.717, 1.165) is 18.0 Å². The molecule has 0 aliphatic heterocycles. The molecule has 7 heavy (non-hydrogen) atoms. The Morgan fingerprint density at radius 1 is 1.71 bits per heavy atom. The van der Waals surface area contributed by atoms with Crippen molar-refractivity contribution < 1.29 is 4.79 Å². The highest BCUT2D eigenvalue weighted by Crippen LogP contribution is 2.02. The summed E-state index contributed by atoms with van der Waals surface area (Å²) in [5, 5.41) is 0.877. The molecule has 0 saturated carbocycles. The Kier molecular flexibility index (Phi) is 5.21. The van der Waals surface area contributed by atoms with Crippen molar-refractivity contribution in [2.45, 2.75) is 11.2 Å². The zero-order chi connectivity index (χ0) is 5.70. The minimum atomic E-state index is 0.0341. The minimum absolute atomic E-state index is 0.0341. The first kappa shape index (κ1) is 7.63. The zero-order valence-electron chi connectivity index (χ0n) is 3.73. The molecule has 0 fully saturated rings. The third kappa shape index (κ3) is 4.48. The van der Waals surface area contributed by atoms with E-state index in [1.165, 1.54) is 0 Å². The van der Waals surface area contributed by atoms with Crippen LogP contribution in [0.1, 0.15) is 6.42 Å². The van der Waals surface area contributed by atoms with Crippen molar-refractivity contribution in [3.63, 3.8) is 0 Å². The first-order valence-corrected chi connectivity index (χ1v) is 4.00. The van der Waals surface area contributed by atoms with Crippen LogP contribution >= 0.6 is 31.9 Å². The Labute approximate surface area is 59.7 Å². The van der Waals surface area contributed by atoms with E-state index in [1.54, 1.807) is 0 Å². The van der Waals surface area contributed by atoms with Crippen LogP contribution in [0, 0.1) is 0 Å². The SMILES string of the molecule is O=CC(Br)CCBr. The van der Waals surface area contributed by atoms with Crippen molar-refractivity contribution in [2.24, 2.45) is 0 Å². The maximum Gasteiger partial charge on any atom is 0.133 e. The summed E-state index contributed by atoms with van der Waals surface area (Å²) in [6.45, 7) is 0. The topological polar surface area (TPSA) is 17.1 Å². The average Bonchev–Trinajstić information content (AvgIpc) is 1.68. The number of hydrogen-bond donors (Lipinski definition) is 0. The lowest BCUT2D eigenvalue weighted by atomic mass is 10.4. The molecule has 0 spiro atoms. The van der Waals surface area contributed by atoms with Crippen LogP contribution in [0.15, 0.2) is 0 Å². The zero-order valence-corrected chi connectivity index (χ0v) is 6.91. The molecular formula is C4H6Br2O. The number of hydrogen-bond acceptors (Lipinski definition) is 1. The number of aldehydes is 1. The minimum Gasteiger partial charge on any atom is -0.302 e. The van der Waals surface area contributed by atoms with E-state index in [2.05, 4.69) is 31.9 Å². The molecule has 42 valence electrons. The van der Waals surface area contributed by atoms with E-state index in [4.69, 9.17) is 0 Å². The Hall–Kier alpha value is 0.630. The van der Waals surface area contributed by atoms with Crippen LogP contribution in [0.3, 0.4) is 0 Å². The molecule has 0 radical (unpaired) electrons. The van der Waals surface area contributed by atoms with Gasteiger partial charge in [0.05, 0.1) is 4.83 Å². The van der Waals surface area contributed by atoms with Crippen LogP contribution in [0.5, 0.6) is 0 Å². The van der Waals surface area contributed by atoms with Crippen molar-refractivity contribution in [3.8, 4) is 0 Å². The summed E-state index contributed by atoms with van der Waals surface area (Å²) < 4.78 is 0. The summed E-state index contributed by atoms with van der Waals surface area (Å²) >= 11 is 6.34. The van der Waals surface area contributed by atoms with Crippen LogP contribution in [0.2, 0.25) is 0 Å². The third-order valence-electron chi connectivity index (χ3n) is 0.533. The van der Waals surface area contributed by atoms with Gasteiger partial charge in [-0.3, -0.25) is 0 Å². The van der Waals surface area contributed by atoms with Crippen LogP contribution in [0.4, 0.5) is 0 Å². The van der Waals surface area contributed by atoms with E-state index < -0.39 is 0 Å². The van der Waals surface area contributed by atoms with Crippen molar-refractivity contribution in [1.29, 1.82) is 0 Å². The molecule has 0 amide bonds. The molecule has 0 bridgehead atoms. The Morgan fingerprint density at radius 3 is 2.43 bits per heavy atom. The van der Waals surface area contributed by atoms with Gasteiger partial charge >= 0.3 is 0 Å². The van der Waals surface area contributed by atoms with E-state index >= 15 is 0 Å². The van der Waals surface area contributed by atoms with Crippen LogP contribution in [0.25, 0.3) is 0 Å². The molecular weight excluding hydrogens is 224 g/mol. The molecule has 1 unspecified atom stereocenters. The van der Waals surface area contributed by atoms with Gasteiger partial charge in [-0.15, -0.1) is 0 Å². The van der Waals surface area contributed by atoms with Gasteiger partial charge in [-0.25, -0.2) is 0 Å². The highest BCUT2D eigenvalue weighted by atomic mass is 79.9. The molecule has 0 saturated heterocycles. The molecule has 0 aromatic rings. The van der Waals surface area contributed by atoms with Gasteiger partial charge < -0.3 is 4.79 Å². The molecule has 0 heterocycles. The van der Waals surface area contributed by atoms with Crippen molar-refractivity contribution in [1.82, 2.24) is 0 Å². The predicted molar refractivity (Wildman–Crippen MR) is 37.2 cm³/mol. The lowest BCUT2D eigenvalue weighted by molar-refractivity contribution is -0.107. The number of alkyl halides is 2. The smallest absolute Gasteiger partial charge is 0.133 e. The van der Waals surface area contributed by atoms with E-state index in [0.29, 0.717) is 0 Å². The van der Waals surface area contributed by atoms with E-state index in [1.807, 2.05) is 0 Å². The van der Waals surface area contributed by atoms with Gasteiger partial charge in [-0.2, -0.15) is 0 Å². The van der Waals surface area contributed by atoms with Gasteiger partial charge in [-0.1, -0.05) is 31.9 Å². The Morgan fingerprint density at radius 2 is 2.29 bits per heavy atom. The van der Waals surface area contributed by atoms with Gasteiger partial charge in [0.15, 0.2) is 0 Å². The summed E-state index contributed by atoms with van der Waals surface area (Å²) in [6, 6.07) is 0. The van der Waals surface area contributed by atoms with E-state index in [9.17, 15) is 4.79 Å². The highest BCUT2D eigenvalue weighted by molar-refractivity contribution is 9.10. The lowest BCUT2D eigenvalue weighted by Crippen LogP contribution is -1.97. The standard InChI is InChI=1S/C4H6Br2O/c5-2-1-4(6)3-7/h3-4H,1-2H2. The molecule has 0 aromatic carbocycles. The maximum absolute atomic E-state index is 9.83. The van der Waals surface area contributed by atoms with Gasteiger partial charge in [0.1, 0.15) is 6.29 Å². The second-order valence-corrected chi connectivity index (χ2v) is 3.10. The molecule has 0 N–H and O–H groups in total.